The smallest absolute Gasteiger partial charge is 0.260 e. The first-order chi connectivity index (χ1) is 16.1. The summed E-state index contributed by atoms with van der Waals surface area (Å²) in [6, 6.07) is 7.24. The predicted molar refractivity (Wildman–Crippen MR) is 122 cm³/mol. The molecular formula is C23H19ClN6O3. The number of pyridine rings is 3. The van der Waals surface area contributed by atoms with Crippen molar-refractivity contribution in [3.63, 3.8) is 0 Å². The molecule has 0 spiro atoms. The van der Waals surface area contributed by atoms with Crippen LogP contribution in [0.4, 0.5) is 5.69 Å². The SMILES string of the molecule is COc1cc(-c2ccc3c(n2)CN(c2cnn(Cc4cncc(Cl)c4)c2)C3=O)cnc1OC. The summed E-state index contributed by atoms with van der Waals surface area (Å²) in [6.07, 6.45) is 8.47. The van der Waals surface area contributed by atoms with Gasteiger partial charge in [0.2, 0.25) is 0 Å². The summed E-state index contributed by atoms with van der Waals surface area (Å²) in [5.41, 5.74) is 4.34. The average Bonchev–Trinajstić information content (AvgIpc) is 3.42. The zero-order valence-electron chi connectivity index (χ0n) is 17.9. The molecule has 0 bridgehead atoms. The lowest BCUT2D eigenvalue weighted by molar-refractivity contribution is 0.0996. The largest absolute Gasteiger partial charge is 0.491 e. The summed E-state index contributed by atoms with van der Waals surface area (Å²) >= 11 is 6.01. The number of fused-ring (bicyclic) bond motifs is 1. The monoisotopic (exact) mass is 462 g/mol. The second-order valence-corrected chi connectivity index (χ2v) is 7.86. The fraction of sp³-hybridized carbons (Fsp3) is 0.174. The van der Waals surface area contributed by atoms with Crippen molar-refractivity contribution in [2.45, 2.75) is 13.1 Å². The topological polar surface area (TPSA) is 95.3 Å². The molecule has 0 N–H and O–H groups in total. The maximum absolute atomic E-state index is 13.0. The first kappa shape index (κ1) is 20.9. The van der Waals surface area contributed by atoms with Gasteiger partial charge in [-0.3, -0.25) is 24.3 Å². The molecule has 0 unspecified atom stereocenters. The average molecular weight is 463 g/mol. The van der Waals surface area contributed by atoms with Crippen molar-refractivity contribution in [2.75, 3.05) is 19.1 Å². The van der Waals surface area contributed by atoms with Crippen LogP contribution in [0.1, 0.15) is 21.6 Å². The lowest BCUT2D eigenvalue weighted by Gasteiger charge is -2.12. The predicted octanol–water partition coefficient (Wildman–Crippen LogP) is 3.61. The summed E-state index contributed by atoms with van der Waals surface area (Å²) in [5.74, 6) is 0.796. The van der Waals surface area contributed by atoms with E-state index in [4.69, 9.17) is 26.1 Å². The van der Waals surface area contributed by atoms with E-state index < -0.39 is 0 Å². The van der Waals surface area contributed by atoms with E-state index in [1.54, 1.807) is 53.6 Å². The summed E-state index contributed by atoms with van der Waals surface area (Å²) in [4.78, 5) is 27.8. The number of aromatic nitrogens is 5. The molecule has 9 nitrogen and oxygen atoms in total. The third-order valence-electron chi connectivity index (χ3n) is 5.32. The van der Waals surface area contributed by atoms with E-state index in [1.165, 1.54) is 7.11 Å². The summed E-state index contributed by atoms with van der Waals surface area (Å²) in [5, 5.41) is 4.95. The normalized spacial score (nSPS) is 12.7. The molecule has 4 aromatic rings. The van der Waals surface area contributed by atoms with Gasteiger partial charge in [0.1, 0.15) is 0 Å². The second kappa shape index (κ2) is 8.51. The Balaban J connectivity index is 1.38. The maximum atomic E-state index is 13.0. The molecule has 0 fully saturated rings. The second-order valence-electron chi connectivity index (χ2n) is 7.43. The van der Waals surface area contributed by atoms with Crippen LogP contribution in [0.25, 0.3) is 11.3 Å². The number of hydrogen-bond acceptors (Lipinski definition) is 7. The molecule has 4 aromatic heterocycles. The molecule has 0 radical (unpaired) electrons. The van der Waals surface area contributed by atoms with E-state index in [0.717, 1.165) is 11.1 Å². The number of carbonyl (C=O) groups is 1. The third-order valence-corrected chi connectivity index (χ3v) is 5.53. The standard InChI is InChI=1S/C23H19ClN6O3/c1-32-21-6-15(8-26-22(21)33-2)19-4-3-18-20(28-19)13-30(23(18)31)17-10-27-29(12-17)11-14-5-16(24)9-25-7-14/h3-10,12H,11,13H2,1-2H3. The van der Waals surface area contributed by atoms with Crippen molar-refractivity contribution in [2.24, 2.45) is 0 Å². The van der Waals surface area contributed by atoms with Gasteiger partial charge in [0.15, 0.2) is 5.75 Å². The van der Waals surface area contributed by atoms with Gasteiger partial charge in [-0.05, 0) is 29.8 Å². The van der Waals surface area contributed by atoms with Gasteiger partial charge in [-0.1, -0.05) is 11.6 Å². The Kier molecular flexibility index (Phi) is 5.39. The highest BCUT2D eigenvalue weighted by Gasteiger charge is 2.31. The Morgan fingerprint density at radius 3 is 2.76 bits per heavy atom. The van der Waals surface area contributed by atoms with Crippen molar-refractivity contribution in [3.8, 4) is 22.9 Å². The molecule has 5 heterocycles. The highest BCUT2D eigenvalue weighted by molar-refractivity contribution is 6.30. The van der Waals surface area contributed by atoms with Gasteiger partial charge >= 0.3 is 0 Å². The molecule has 1 aliphatic rings. The fourth-order valence-electron chi connectivity index (χ4n) is 3.73. The Bertz CT molecular complexity index is 1360. The molecule has 1 aliphatic heterocycles. The molecule has 1 amide bonds. The van der Waals surface area contributed by atoms with Crippen LogP contribution in [0.2, 0.25) is 5.02 Å². The van der Waals surface area contributed by atoms with Crippen LogP contribution < -0.4 is 14.4 Å². The fourth-order valence-corrected chi connectivity index (χ4v) is 3.93. The highest BCUT2D eigenvalue weighted by Crippen LogP contribution is 2.32. The van der Waals surface area contributed by atoms with Gasteiger partial charge in [0.25, 0.3) is 11.8 Å². The van der Waals surface area contributed by atoms with E-state index in [1.807, 2.05) is 18.3 Å². The number of anilines is 1. The number of carbonyl (C=O) groups excluding carboxylic acids is 1. The quantitative estimate of drug-likeness (QED) is 0.432. The molecule has 0 atom stereocenters. The van der Waals surface area contributed by atoms with Gasteiger partial charge < -0.3 is 9.47 Å². The number of ether oxygens (including phenoxy) is 2. The third kappa shape index (κ3) is 3.98. The number of rotatable bonds is 6. The molecule has 166 valence electrons. The molecule has 5 rings (SSSR count). The summed E-state index contributed by atoms with van der Waals surface area (Å²) in [7, 11) is 3.09. The van der Waals surface area contributed by atoms with Gasteiger partial charge in [-0.15, -0.1) is 0 Å². The van der Waals surface area contributed by atoms with E-state index >= 15 is 0 Å². The van der Waals surface area contributed by atoms with Crippen LogP contribution >= 0.6 is 11.6 Å². The molecular weight excluding hydrogens is 444 g/mol. The summed E-state index contributed by atoms with van der Waals surface area (Å²) in [6.45, 7) is 0.852. The Hall–Kier alpha value is -3.98. The number of amides is 1. The number of methoxy groups -OCH3 is 2. The van der Waals surface area contributed by atoms with E-state index in [0.29, 0.717) is 52.4 Å². The lowest BCUT2D eigenvalue weighted by atomic mass is 10.1. The zero-order chi connectivity index (χ0) is 22.9. The van der Waals surface area contributed by atoms with Gasteiger partial charge in [0, 0.05) is 30.4 Å². The zero-order valence-corrected chi connectivity index (χ0v) is 18.7. The van der Waals surface area contributed by atoms with E-state index in [-0.39, 0.29) is 5.91 Å². The minimum absolute atomic E-state index is 0.113. The van der Waals surface area contributed by atoms with E-state index in [9.17, 15) is 4.79 Å². The lowest BCUT2D eigenvalue weighted by Crippen LogP contribution is -2.22. The van der Waals surface area contributed by atoms with Crippen LogP contribution in [0.3, 0.4) is 0 Å². The first-order valence-electron chi connectivity index (χ1n) is 10.1. The van der Waals surface area contributed by atoms with Crippen molar-refractivity contribution in [3.05, 3.63) is 77.1 Å². The van der Waals surface area contributed by atoms with Gasteiger partial charge in [0.05, 0.1) is 61.2 Å². The van der Waals surface area contributed by atoms with Crippen LogP contribution in [-0.2, 0) is 13.1 Å². The molecule has 0 saturated heterocycles. The minimum atomic E-state index is -0.113. The molecule has 0 aliphatic carbocycles. The van der Waals surface area contributed by atoms with Crippen molar-refractivity contribution >= 4 is 23.2 Å². The Labute approximate surface area is 194 Å². The van der Waals surface area contributed by atoms with Gasteiger partial charge in [-0.2, -0.15) is 5.10 Å². The minimum Gasteiger partial charge on any atom is -0.491 e. The maximum Gasteiger partial charge on any atom is 0.260 e. The van der Waals surface area contributed by atoms with Crippen molar-refractivity contribution in [1.82, 2.24) is 24.7 Å². The number of halogens is 1. The highest BCUT2D eigenvalue weighted by atomic mass is 35.5. The molecule has 33 heavy (non-hydrogen) atoms. The number of nitrogens with zero attached hydrogens (tertiary/aromatic N) is 6. The van der Waals surface area contributed by atoms with Gasteiger partial charge in [-0.25, -0.2) is 4.98 Å². The van der Waals surface area contributed by atoms with Crippen LogP contribution in [0.15, 0.2) is 55.2 Å². The molecule has 0 saturated carbocycles. The first-order valence-corrected chi connectivity index (χ1v) is 10.5. The van der Waals surface area contributed by atoms with Crippen LogP contribution in [0.5, 0.6) is 11.6 Å². The van der Waals surface area contributed by atoms with Crippen LogP contribution in [0, 0.1) is 0 Å². The summed E-state index contributed by atoms with van der Waals surface area (Å²) < 4.78 is 12.3. The van der Waals surface area contributed by atoms with Crippen molar-refractivity contribution < 1.29 is 14.3 Å². The Morgan fingerprint density at radius 2 is 1.97 bits per heavy atom. The van der Waals surface area contributed by atoms with Crippen molar-refractivity contribution in [1.29, 1.82) is 0 Å². The number of hydrogen-bond donors (Lipinski definition) is 0. The molecule has 10 heteroatoms. The molecule has 0 aromatic carbocycles. The Morgan fingerprint density at radius 1 is 1.09 bits per heavy atom. The van der Waals surface area contributed by atoms with E-state index in [2.05, 4.69) is 15.1 Å². The van der Waals surface area contributed by atoms with Crippen LogP contribution in [-0.4, -0.2) is 44.9 Å².